The van der Waals surface area contributed by atoms with E-state index in [1.807, 2.05) is 13.8 Å². The zero-order chi connectivity index (χ0) is 13.7. The second kappa shape index (κ2) is 6.76. The Morgan fingerprint density at radius 3 is 2.22 bits per heavy atom. The zero-order valence-electron chi connectivity index (χ0n) is 11.9. The van der Waals surface area contributed by atoms with Crippen molar-refractivity contribution >= 4 is 11.9 Å². The van der Waals surface area contributed by atoms with Crippen molar-refractivity contribution in [3.05, 3.63) is 0 Å². The van der Waals surface area contributed by atoms with Gasteiger partial charge in [-0.1, -0.05) is 6.92 Å². The van der Waals surface area contributed by atoms with Crippen molar-refractivity contribution in [3.63, 3.8) is 0 Å². The van der Waals surface area contributed by atoms with Gasteiger partial charge in [0.1, 0.15) is 6.54 Å². The number of carbonyl (C=O) groups is 2. The Morgan fingerprint density at radius 1 is 1.22 bits per heavy atom. The largest absolute Gasteiger partial charge is 0.468 e. The Bertz CT molecular complexity index is 293. The smallest absolute Gasteiger partial charge is 0.325 e. The van der Waals surface area contributed by atoms with Crippen molar-refractivity contribution < 1.29 is 14.3 Å². The van der Waals surface area contributed by atoms with Crippen LogP contribution in [0.2, 0.25) is 0 Å². The topological polar surface area (TPSA) is 46.6 Å². The first kappa shape index (κ1) is 15.0. The Labute approximate surface area is 110 Å². The summed E-state index contributed by atoms with van der Waals surface area (Å²) in [5.41, 5.74) is 0. The highest BCUT2D eigenvalue weighted by Gasteiger charge is 2.30. The zero-order valence-corrected chi connectivity index (χ0v) is 11.9. The number of ether oxygens (including phenoxy) is 1. The van der Waals surface area contributed by atoms with Gasteiger partial charge in [-0.3, -0.25) is 9.59 Å². The van der Waals surface area contributed by atoms with Crippen molar-refractivity contribution in [1.82, 2.24) is 4.90 Å². The highest BCUT2D eigenvalue weighted by atomic mass is 16.5. The molecule has 104 valence electrons. The third kappa shape index (κ3) is 4.00. The lowest BCUT2D eigenvalue weighted by molar-refractivity contribution is -0.150. The van der Waals surface area contributed by atoms with E-state index in [-0.39, 0.29) is 30.4 Å². The number of hydrogen-bond acceptors (Lipinski definition) is 3. The molecule has 1 rings (SSSR count). The highest BCUT2D eigenvalue weighted by Crippen LogP contribution is 2.29. The van der Waals surface area contributed by atoms with Crippen molar-refractivity contribution in [2.24, 2.45) is 11.8 Å². The van der Waals surface area contributed by atoms with Crippen LogP contribution in [0.5, 0.6) is 0 Å². The molecule has 1 fully saturated rings. The highest BCUT2D eigenvalue weighted by molar-refractivity contribution is 5.84. The van der Waals surface area contributed by atoms with Crippen molar-refractivity contribution in [1.29, 1.82) is 0 Å². The maximum atomic E-state index is 12.4. The Morgan fingerprint density at radius 2 is 1.78 bits per heavy atom. The summed E-state index contributed by atoms with van der Waals surface area (Å²) in [7, 11) is 1.35. The van der Waals surface area contributed by atoms with Gasteiger partial charge in [0.05, 0.1) is 7.11 Å². The third-order valence-electron chi connectivity index (χ3n) is 3.80. The summed E-state index contributed by atoms with van der Waals surface area (Å²) >= 11 is 0. The van der Waals surface area contributed by atoms with Crippen LogP contribution in [0.3, 0.4) is 0 Å². The molecule has 0 radical (unpaired) electrons. The number of methoxy groups -OCH3 is 1. The van der Waals surface area contributed by atoms with Crippen molar-refractivity contribution in [3.8, 4) is 0 Å². The fourth-order valence-corrected chi connectivity index (χ4v) is 2.46. The number of hydrogen-bond donors (Lipinski definition) is 0. The van der Waals surface area contributed by atoms with Gasteiger partial charge in [-0.05, 0) is 45.4 Å². The van der Waals surface area contributed by atoms with Crippen LogP contribution in [0.25, 0.3) is 0 Å². The standard InChI is InChI=1S/C14H25NO3/c1-10(2)15(9-13(16)18-4)14(17)12-7-5-11(3)6-8-12/h10-12H,5-9H2,1-4H3. The van der Waals surface area contributed by atoms with E-state index in [1.165, 1.54) is 7.11 Å². The van der Waals surface area contributed by atoms with Crippen LogP contribution in [0.1, 0.15) is 46.5 Å². The summed E-state index contributed by atoms with van der Waals surface area (Å²) in [6, 6.07) is 0.0379. The van der Waals surface area contributed by atoms with Gasteiger partial charge in [-0.15, -0.1) is 0 Å². The van der Waals surface area contributed by atoms with Crippen molar-refractivity contribution in [2.75, 3.05) is 13.7 Å². The SMILES string of the molecule is COC(=O)CN(C(=O)C1CCC(C)CC1)C(C)C. The minimum Gasteiger partial charge on any atom is -0.468 e. The van der Waals surface area contributed by atoms with Gasteiger partial charge in [0.15, 0.2) is 0 Å². The van der Waals surface area contributed by atoms with Gasteiger partial charge in [-0.25, -0.2) is 0 Å². The van der Waals surface area contributed by atoms with E-state index < -0.39 is 0 Å². The molecule has 1 aliphatic carbocycles. The van der Waals surface area contributed by atoms with Crippen LogP contribution in [-0.2, 0) is 14.3 Å². The Balaban J connectivity index is 2.62. The van der Waals surface area contributed by atoms with E-state index in [4.69, 9.17) is 0 Å². The number of amides is 1. The minimum absolute atomic E-state index is 0.0379. The molecule has 4 heteroatoms. The molecule has 1 aliphatic rings. The van der Waals surface area contributed by atoms with Crippen LogP contribution in [0.4, 0.5) is 0 Å². The molecule has 4 nitrogen and oxygen atoms in total. The number of rotatable bonds is 4. The summed E-state index contributed by atoms with van der Waals surface area (Å²) in [5, 5.41) is 0. The van der Waals surface area contributed by atoms with Crippen LogP contribution in [0.15, 0.2) is 0 Å². The second-order valence-electron chi connectivity index (χ2n) is 5.59. The average molecular weight is 255 g/mol. The minimum atomic E-state index is -0.346. The van der Waals surface area contributed by atoms with Gasteiger partial charge < -0.3 is 9.64 Å². The number of nitrogens with zero attached hydrogens (tertiary/aromatic N) is 1. The molecule has 0 unspecified atom stereocenters. The van der Waals surface area contributed by atoms with E-state index in [0.29, 0.717) is 0 Å². The molecule has 0 aliphatic heterocycles. The van der Waals surface area contributed by atoms with Crippen LogP contribution < -0.4 is 0 Å². The summed E-state index contributed by atoms with van der Waals surface area (Å²) in [6.45, 7) is 6.17. The van der Waals surface area contributed by atoms with Crippen LogP contribution >= 0.6 is 0 Å². The lowest BCUT2D eigenvalue weighted by Gasteiger charge is -2.32. The molecule has 1 amide bonds. The molecule has 0 heterocycles. The van der Waals surface area contributed by atoms with Gasteiger partial charge in [-0.2, -0.15) is 0 Å². The molecular formula is C14H25NO3. The fourth-order valence-electron chi connectivity index (χ4n) is 2.46. The molecule has 0 saturated heterocycles. The molecule has 0 N–H and O–H groups in total. The maximum absolute atomic E-state index is 12.4. The molecule has 0 atom stereocenters. The number of esters is 1. The van der Waals surface area contributed by atoms with Gasteiger partial charge in [0, 0.05) is 12.0 Å². The monoisotopic (exact) mass is 255 g/mol. The molecule has 0 spiro atoms. The molecule has 0 bridgehead atoms. The summed E-state index contributed by atoms with van der Waals surface area (Å²) in [6.07, 6.45) is 4.12. The average Bonchev–Trinajstić information content (AvgIpc) is 2.35. The Kier molecular flexibility index (Phi) is 5.63. The second-order valence-corrected chi connectivity index (χ2v) is 5.59. The first-order valence-corrected chi connectivity index (χ1v) is 6.83. The Hall–Kier alpha value is -1.06. The quantitative estimate of drug-likeness (QED) is 0.724. The lowest BCUT2D eigenvalue weighted by Crippen LogP contribution is -2.44. The summed E-state index contributed by atoms with van der Waals surface area (Å²) in [5.74, 6) is 0.582. The van der Waals surface area contributed by atoms with Gasteiger partial charge >= 0.3 is 5.97 Å². The summed E-state index contributed by atoms with van der Waals surface area (Å²) < 4.78 is 4.65. The molecule has 1 saturated carbocycles. The fraction of sp³-hybridized carbons (Fsp3) is 0.857. The van der Waals surface area contributed by atoms with E-state index >= 15 is 0 Å². The first-order valence-electron chi connectivity index (χ1n) is 6.83. The maximum Gasteiger partial charge on any atom is 0.325 e. The molecule has 18 heavy (non-hydrogen) atoms. The van der Waals surface area contributed by atoms with Crippen molar-refractivity contribution in [2.45, 2.75) is 52.5 Å². The van der Waals surface area contributed by atoms with Gasteiger partial charge in [0.25, 0.3) is 0 Å². The van der Waals surface area contributed by atoms with E-state index in [1.54, 1.807) is 4.90 Å². The number of carbonyl (C=O) groups excluding carboxylic acids is 2. The normalized spacial score (nSPS) is 23.8. The van der Waals surface area contributed by atoms with E-state index in [2.05, 4.69) is 11.7 Å². The predicted molar refractivity (Wildman–Crippen MR) is 70.0 cm³/mol. The van der Waals surface area contributed by atoms with E-state index in [9.17, 15) is 9.59 Å². The van der Waals surface area contributed by atoms with Crippen LogP contribution in [0, 0.1) is 11.8 Å². The molecule has 0 aromatic heterocycles. The van der Waals surface area contributed by atoms with Crippen LogP contribution in [-0.4, -0.2) is 36.5 Å². The first-order chi connectivity index (χ1) is 8.45. The summed E-state index contributed by atoms with van der Waals surface area (Å²) in [4.78, 5) is 25.4. The molecule has 0 aromatic rings. The molecule has 0 aromatic carbocycles. The third-order valence-corrected chi connectivity index (χ3v) is 3.80. The molecular weight excluding hydrogens is 230 g/mol. The van der Waals surface area contributed by atoms with Gasteiger partial charge in [0.2, 0.25) is 5.91 Å². The van der Waals surface area contributed by atoms with E-state index in [0.717, 1.165) is 31.6 Å². The predicted octanol–water partition coefficient (Wildman–Crippen LogP) is 2.22. The lowest BCUT2D eigenvalue weighted by atomic mass is 9.82.